The van der Waals surface area contributed by atoms with Crippen LogP contribution in [0.2, 0.25) is 5.02 Å². The number of hydrogen-bond acceptors (Lipinski definition) is 3. The lowest BCUT2D eigenvalue weighted by Crippen LogP contribution is -2.20. The van der Waals surface area contributed by atoms with E-state index < -0.39 is 12.0 Å². The van der Waals surface area contributed by atoms with Crippen molar-refractivity contribution in [3.05, 3.63) is 57.5 Å². The lowest BCUT2D eigenvalue weighted by Gasteiger charge is -2.18. The summed E-state index contributed by atoms with van der Waals surface area (Å²) in [5.74, 6) is -0.354. The first kappa shape index (κ1) is 15.7. The topological polar surface area (TPSA) is 58.6 Å². The van der Waals surface area contributed by atoms with Crippen LogP contribution in [0.3, 0.4) is 0 Å². The van der Waals surface area contributed by atoms with Gasteiger partial charge in [-0.3, -0.25) is 0 Å². The lowest BCUT2D eigenvalue weighted by atomic mass is 10.1. The van der Waals surface area contributed by atoms with Crippen molar-refractivity contribution in [1.29, 1.82) is 0 Å². The number of nitrogens with one attached hydrogen (secondary N) is 1. The van der Waals surface area contributed by atoms with E-state index in [4.69, 9.17) is 16.3 Å². The number of aliphatic carboxylic acids is 1. The average molecular weight is 371 g/mol. The SMILES string of the molecule is COc1ccc(C(Nc2ccccc2Cl)C(=O)O)cc1Br. The number of carbonyl (C=O) groups is 1. The Balaban J connectivity index is 2.34. The molecule has 2 rings (SSSR count). The number of para-hydroxylation sites is 1. The minimum absolute atomic E-state index is 0.469. The van der Waals surface area contributed by atoms with Crippen molar-refractivity contribution >= 4 is 39.2 Å². The molecule has 0 heterocycles. The molecule has 0 saturated carbocycles. The molecule has 2 aromatic carbocycles. The van der Waals surface area contributed by atoms with E-state index in [0.29, 0.717) is 26.5 Å². The van der Waals surface area contributed by atoms with Gasteiger partial charge in [0.1, 0.15) is 5.75 Å². The van der Waals surface area contributed by atoms with E-state index in [1.807, 2.05) is 0 Å². The maximum Gasteiger partial charge on any atom is 0.330 e. The first-order chi connectivity index (χ1) is 10.0. The van der Waals surface area contributed by atoms with Gasteiger partial charge >= 0.3 is 5.97 Å². The molecule has 2 aromatic rings. The summed E-state index contributed by atoms with van der Waals surface area (Å²) in [6.07, 6.45) is 0. The van der Waals surface area contributed by atoms with E-state index in [0.717, 1.165) is 0 Å². The lowest BCUT2D eigenvalue weighted by molar-refractivity contribution is -0.138. The number of hydrogen-bond donors (Lipinski definition) is 2. The molecular formula is C15H13BrClNO3. The van der Waals surface area contributed by atoms with Crippen LogP contribution in [0.1, 0.15) is 11.6 Å². The number of halogens is 2. The highest BCUT2D eigenvalue weighted by Gasteiger charge is 2.21. The number of methoxy groups -OCH3 is 1. The minimum atomic E-state index is -0.994. The van der Waals surface area contributed by atoms with E-state index >= 15 is 0 Å². The zero-order chi connectivity index (χ0) is 15.4. The van der Waals surface area contributed by atoms with Crippen molar-refractivity contribution < 1.29 is 14.6 Å². The number of benzene rings is 2. The fourth-order valence-corrected chi connectivity index (χ4v) is 2.63. The molecule has 0 aliphatic rings. The fraction of sp³-hybridized carbons (Fsp3) is 0.133. The Labute approximate surface area is 135 Å². The molecule has 0 amide bonds. The Kier molecular flexibility index (Phi) is 5.09. The summed E-state index contributed by atoms with van der Waals surface area (Å²) in [6.45, 7) is 0. The zero-order valence-electron chi connectivity index (χ0n) is 11.1. The normalized spacial score (nSPS) is 11.8. The zero-order valence-corrected chi connectivity index (χ0v) is 13.5. The quantitative estimate of drug-likeness (QED) is 0.821. The molecule has 0 bridgehead atoms. The van der Waals surface area contributed by atoms with Crippen molar-refractivity contribution in [2.24, 2.45) is 0 Å². The van der Waals surface area contributed by atoms with Gasteiger partial charge in [-0.15, -0.1) is 0 Å². The van der Waals surface area contributed by atoms with Crippen molar-refractivity contribution in [2.75, 3.05) is 12.4 Å². The number of ether oxygens (including phenoxy) is 1. The second-order valence-electron chi connectivity index (χ2n) is 4.29. The maximum atomic E-state index is 11.5. The van der Waals surface area contributed by atoms with Crippen LogP contribution in [-0.2, 0) is 4.79 Å². The highest BCUT2D eigenvalue weighted by Crippen LogP contribution is 2.31. The van der Waals surface area contributed by atoms with Gasteiger partial charge in [-0.2, -0.15) is 0 Å². The third-order valence-corrected chi connectivity index (χ3v) is 3.88. The largest absolute Gasteiger partial charge is 0.496 e. The van der Waals surface area contributed by atoms with Crippen LogP contribution in [0, 0.1) is 0 Å². The van der Waals surface area contributed by atoms with E-state index in [9.17, 15) is 9.90 Å². The Morgan fingerprint density at radius 2 is 2.05 bits per heavy atom. The summed E-state index contributed by atoms with van der Waals surface area (Å²) in [7, 11) is 1.55. The molecule has 0 aliphatic heterocycles. The van der Waals surface area contributed by atoms with Crippen molar-refractivity contribution in [2.45, 2.75) is 6.04 Å². The summed E-state index contributed by atoms with van der Waals surface area (Å²) in [4.78, 5) is 11.5. The average Bonchev–Trinajstić information content (AvgIpc) is 2.46. The molecule has 4 nitrogen and oxygen atoms in total. The van der Waals surface area contributed by atoms with Gasteiger partial charge in [0, 0.05) is 0 Å². The molecule has 0 aromatic heterocycles. The Hall–Kier alpha value is -1.72. The molecule has 110 valence electrons. The first-order valence-electron chi connectivity index (χ1n) is 6.10. The van der Waals surface area contributed by atoms with Gasteiger partial charge in [0.15, 0.2) is 6.04 Å². The molecule has 0 radical (unpaired) electrons. The molecule has 0 fully saturated rings. The summed E-state index contributed by atoms with van der Waals surface area (Å²) in [5, 5.41) is 12.8. The summed E-state index contributed by atoms with van der Waals surface area (Å²) in [6, 6.07) is 11.2. The van der Waals surface area contributed by atoms with Crippen LogP contribution in [0.15, 0.2) is 46.9 Å². The van der Waals surface area contributed by atoms with Crippen LogP contribution in [-0.4, -0.2) is 18.2 Å². The second-order valence-corrected chi connectivity index (χ2v) is 5.55. The Bertz CT molecular complexity index is 663. The molecule has 0 saturated heterocycles. The van der Waals surface area contributed by atoms with Crippen molar-refractivity contribution in [3.63, 3.8) is 0 Å². The van der Waals surface area contributed by atoms with Crippen LogP contribution in [0.4, 0.5) is 5.69 Å². The van der Waals surface area contributed by atoms with Gasteiger partial charge in [0.05, 0.1) is 22.3 Å². The smallest absolute Gasteiger partial charge is 0.330 e. The third-order valence-electron chi connectivity index (χ3n) is 2.93. The van der Waals surface area contributed by atoms with E-state index in [1.165, 1.54) is 0 Å². The first-order valence-corrected chi connectivity index (χ1v) is 7.27. The van der Waals surface area contributed by atoms with Gasteiger partial charge in [-0.1, -0.05) is 29.8 Å². The molecule has 1 unspecified atom stereocenters. The van der Waals surface area contributed by atoms with Gasteiger partial charge in [0.2, 0.25) is 0 Å². The Morgan fingerprint density at radius 3 is 2.62 bits per heavy atom. The van der Waals surface area contributed by atoms with Crippen LogP contribution in [0.25, 0.3) is 0 Å². The number of rotatable bonds is 5. The molecule has 1 atom stereocenters. The standard InChI is InChI=1S/C15H13BrClNO3/c1-21-13-7-6-9(8-10(13)16)14(15(19)20)18-12-5-3-2-4-11(12)17/h2-8,14,18H,1H3,(H,19,20). The summed E-state index contributed by atoms with van der Waals surface area (Å²) >= 11 is 9.41. The number of carboxylic acid groups (broad SMARTS) is 1. The highest BCUT2D eigenvalue weighted by molar-refractivity contribution is 9.10. The molecule has 6 heteroatoms. The predicted octanol–water partition coefficient (Wildman–Crippen LogP) is 4.35. The van der Waals surface area contributed by atoms with Crippen molar-refractivity contribution in [3.8, 4) is 5.75 Å². The monoisotopic (exact) mass is 369 g/mol. The van der Waals surface area contributed by atoms with Crippen molar-refractivity contribution in [1.82, 2.24) is 0 Å². The Morgan fingerprint density at radius 1 is 1.33 bits per heavy atom. The van der Waals surface area contributed by atoms with Crippen LogP contribution < -0.4 is 10.1 Å². The molecule has 0 aliphatic carbocycles. The maximum absolute atomic E-state index is 11.5. The highest BCUT2D eigenvalue weighted by atomic mass is 79.9. The second kappa shape index (κ2) is 6.83. The molecule has 2 N–H and O–H groups in total. The third kappa shape index (κ3) is 3.68. The van der Waals surface area contributed by atoms with Crippen LogP contribution >= 0.6 is 27.5 Å². The molecule has 21 heavy (non-hydrogen) atoms. The summed E-state index contributed by atoms with van der Waals surface area (Å²) in [5.41, 5.74) is 1.16. The van der Waals surface area contributed by atoms with Gasteiger partial charge < -0.3 is 15.2 Å². The van der Waals surface area contributed by atoms with Gasteiger partial charge in [0.25, 0.3) is 0 Å². The molecule has 0 spiro atoms. The fourth-order valence-electron chi connectivity index (χ4n) is 1.88. The number of anilines is 1. The summed E-state index contributed by atoms with van der Waals surface area (Å²) < 4.78 is 5.83. The number of carboxylic acids is 1. The van der Waals surface area contributed by atoms with E-state index in [2.05, 4.69) is 21.2 Å². The van der Waals surface area contributed by atoms with Gasteiger partial charge in [-0.05, 0) is 45.8 Å². The minimum Gasteiger partial charge on any atom is -0.496 e. The van der Waals surface area contributed by atoms with Gasteiger partial charge in [-0.25, -0.2) is 4.79 Å². The van der Waals surface area contributed by atoms with Crippen LogP contribution in [0.5, 0.6) is 5.75 Å². The van der Waals surface area contributed by atoms with E-state index in [1.54, 1.807) is 49.6 Å². The molecular weight excluding hydrogens is 358 g/mol. The predicted molar refractivity (Wildman–Crippen MR) is 86.1 cm³/mol. The van der Waals surface area contributed by atoms with E-state index in [-0.39, 0.29) is 0 Å².